The van der Waals surface area contributed by atoms with Gasteiger partial charge in [-0.05, 0) is 58.6 Å². The summed E-state index contributed by atoms with van der Waals surface area (Å²) in [6.07, 6.45) is 2.69. The van der Waals surface area contributed by atoms with Gasteiger partial charge >= 0.3 is 6.09 Å². The van der Waals surface area contributed by atoms with Gasteiger partial charge < -0.3 is 9.64 Å². The normalized spacial score (nSPS) is 17.4. The number of rotatable bonds is 5. The quantitative estimate of drug-likeness (QED) is 0.776. The fourth-order valence-corrected chi connectivity index (χ4v) is 4.35. The van der Waals surface area contributed by atoms with Crippen LogP contribution >= 0.6 is 0 Å². The molecule has 150 valence electrons. The summed E-state index contributed by atoms with van der Waals surface area (Å²) >= 11 is 0. The minimum Gasteiger partial charge on any atom is -0.444 e. The number of hydrogen-bond donors (Lipinski definition) is 1. The number of nitrogens with one attached hydrogen (secondary N) is 1. The second-order valence-electron chi connectivity index (χ2n) is 8.00. The Hall–Kier alpha value is -1.86. The van der Waals surface area contributed by atoms with Crippen molar-refractivity contribution < 1.29 is 17.9 Å². The van der Waals surface area contributed by atoms with Crippen LogP contribution in [0.15, 0.2) is 41.8 Å². The number of likely N-dealkylation sites (tertiary alicyclic amines) is 1. The van der Waals surface area contributed by atoms with Gasteiger partial charge in [0.25, 0.3) is 0 Å². The summed E-state index contributed by atoms with van der Waals surface area (Å²) in [5, 5.41) is 0. The molecule has 7 heteroatoms. The zero-order chi connectivity index (χ0) is 20.2. The van der Waals surface area contributed by atoms with Gasteiger partial charge in [0.15, 0.2) is 0 Å². The highest BCUT2D eigenvalue weighted by Crippen LogP contribution is 2.24. The van der Waals surface area contributed by atoms with Gasteiger partial charge in [0.05, 0.1) is 4.90 Å². The number of sulfonamides is 1. The molecule has 1 aliphatic heterocycles. The molecule has 1 atom stereocenters. The van der Waals surface area contributed by atoms with E-state index in [4.69, 9.17) is 4.74 Å². The highest BCUT2D eigenvalue weighted by atomic mass is 32.2. The molecule has 27 heavy (non-hydrogen) atoms. The molecule has 0 saturated carbocycles. The van der Waals surface area contributed by atoms with Gasteiger partial charge in [-0.1, -0.05) is 23.8 Å². The number of nitrogens with zero attached hydrogens (tertiary/aromatic N) is 1. The van der Waals surface area contributed by atoms with E-state index in [1.54, 1.807) is 35.2 Å². The first-order chi connectivity index (χ1) is 12.5. The lowest BCUT2D eigenvalue weighted by Gasteiger charge is -2.36. The lowest BCUT2D eigenvalue weighted by Crippen LogP contribution is -2.47. The first kappa shape index (κ1) is 21.4. The predicted octanol–water partition coefficient (Wildman–Crippen LogP) is 3.48. The van der Waals surface area contributed by atoms with Crippen molar-refractivity contribution in [2.24, 2.45) is 5.92 Å². The third-order valence-electron chi connectivity index (χ3n) is 4.58. The second kappa shape index (κ2) is 8.44. The average molecular weight is 395 g/mol. The molecule has 1 aliphatic rings. The summed E-state index contributed by atoms with van der Waals surface area (Å²) in [5.41, 5.74) is 0.477. The fraction of sp³-hybridized carbons (Fsp3) is 0.550. The maximum atomic E-state index is 12.6. The lowest BCUT2D eigenvalue weighted by molar-refractivity contribution is 0.0178. The summed E-state index contributed by atoms with van der Waals surface area (Å²) in [5.74, 6) is 0.0846. The zero-order valence-electron chi connectivity index (χ0n) is 16.6. The molecule has 1 amide bonds. The van der Waals surface area contributed by atoms with E-state index in [-0.39, 0.29) is 22.9 Å². The Bertz CT molecular complexity index is 758. The number of benzene rings is 1. The number of ether oxygens (including phenoxy) is 1. The van der Waals surface area contributed by atoms with E-state index in [0.29, 0.717) is 25.9 Å². The van der Waals surface area contributed by atoms with Gasteiger partial charge in [0, 0.05) is 19.1 Å². The molecule has 0 aliphatic carbocycles. The number of hydrogen-bond acceptors (Lipinski definition) is 4. The van der Waals surface area contributed by atoms with Gasteiger partial charge in [-0.15, -0.1) is 6.58 Å². The van der Waals surface area contributed by atoms with Crippen molar-refractivity contribution in [3.05, 3.63) is 42.5 Å². The Morgan fingerprint density at radius 1 is 1.26 bits per heavy atom. The summed E-state index contributed by atoms with van der Waals surface area (Å²) < 4.78 is 33.4. The molecule has 1 fully saturated rings. The van der Waals surface area contributed by atoms with E-state index in [0.717, 1.165) is 5.56 Å². The van der Waals surface area contributed by atoms with Crippen molar-refractivity contribution in [3.8, 4) is 0 Å². The lowest BCUT2D eigenvalue weighted by atomic mass is 9.90. The molecule has 0 unspecified atom stereocenters. The molecule has 1 aromatic rings. The van der Waals surface area contributed by atoms with Crippen molar-refractivity contribution in [2.45, 2.75) is 57.1 Å². The zero-order valence-corrected chi connectivity index (χ0v) is 17.4. The van der Waals surface area contributed by atoms with Crippen LogP contribution in [0.3, 0.4) is 0 Å². The SMILES string of the molecule is C=C[C@H](NS(=O)(=O)c1ccc(C)cc1)C1CCN(C(=O)OC(C)(C)C)CC1. The van der Waals surface area contributed by atoms with Crippen LogP contribution < -0.4 is 4.72 Å². The highest BCUT2D eigenvalue weighted by Gasteiger charge is 2.31. The molecule has 1 N–H and O–H groups in total. The molecule has 1 heterocycles. The standard InChI is InChI=1S/C20H30N2O4S/c1-6-18(21-27(24,25)17-9-7-15(2)8-10-17)16-11-13-22(14-12-16)19(23)26-20(3,4)5/h6-10,16,18,21H,1,11-14H2,2-5H3/t18-/m0/s1. The van der Waals surface area contributed by atoms with E-state index >= 15 is 0 Å². The van der Waals surface area contributed by atoms with Crippen LogP contribution in [0, 0.1) is 12.8 Å². The van der Waals surface area contributed by atoms with E-state index in [1.165, 1.54) is 0 Å². The molecule has 2 rings (SSSR count). The topological polar surface area (TPSA) is 75.7 Å². The fourth-order valence-electron chi connectivity index (χ4n) is 3.07. The van der Waals surface area contributed by atoms with Crippen molar-refractivity contribution >= 4 is 16.1 Å². The summed E-state index contributed by atoms with van der Waals surface area (Å²) in [4.78, 5) is 14.1. The second-order valence-corrected chi connectivity index (χ2v) is 9.71. The Labute approximate surface area is 162 Å². The molecule has 0 aromatic heterocycles. The molecule has 0 spiro atoms. The monoisotopic (exact) mass is 394 g/mol. The molecule has 0 bridgehead atoms. The number of carbonyl (C=O) groups is 1. The highest BCUT2D eigenvalue weighted by molar-refractivity contribution is 7.89. The molecule has 0 radical (unpaired) electrons. The number of amides is 1. The first-order valence-electron chi connectivity index (χ1n) is 9.21. The van der Waals surface area contributed by atoms with Crippen molar-refractivity contribution in [3.63, 3.8) is 0 Å². The summed E-state index contributed by atoms with van der Waals surface area (Å²) in [6.45, 7) is 12.3. The smallest absolute Gasteiger partial charge is 0.410 e. The molecular weight excluding hydrogens is 364 g/mol. The van der Waals surface area contributed by atoms with E-state index in [2.05, 4.69) is 11.3 Å². The van der Waals surface area contributed by atoms with Gasteiger partial charge in [-0.2, -0.15) is 0 Å². The van der Waals surface area contributed by atoms with Crippen LogP contribution in [0.5, 0.6) is 0 Å². The van der Waals surface area contributed by atoms with Gasteiger partial charge in [-0.25, -0.2) is 17.9 Å². The number of carbonyl (C=O) groups excluding carboxylic acids is 1. The van der Waals surface area contributed by atoms with E-state index in [9.17, 15) is 13.2 Å². The van der Waals surface area contributed by atoms with Crippen molar-refractivity contribution in [1.82, 2.24) is 9.62 Å². The van der Waals surface area contributed by atoms with Crippen molar-refractivity contribution in [2.75, 3.05) is 13.1 Å². The maximum absolute atomic E-state index is 12.6. The minimum absolute atomic E-state index is 0.0846. The summed E-state index contributed by atoms with van der Waals surface area (Å²) in [6, 6.07) is 6.37. The average Bonchev–Trinajstić information content (AvgIpc) is 2.59. The van der Waals surface area contributed by atoms with E-state index in [1.807, 2.05) is 27.7 Å². The Morgan fingerprint density at radius 3 is 2.30 bits per heavy atom. The van der Waals surface area contributed by atoms with Crippen LogP contribution in [-0.4, -0.2) is 44.1 Å². The Morgan fingerprint density at radius 2 is 1.81 bits per heavy atom. The molecular formula is C20H30N2O4S. The van der Waals surface area contributed by atoms with Crippen LogP contribution in [-0.2, 0) is 14.8 Å². The summed E-state index contributed by atoms with van der Waals surface area (Å²) in [7, 11) is -3.62. The molecule has 1 aromatic carbocycles. The molecule has 1 saturated heterocycles. The number of piperidine rings is 1. The number of aryl methyl sites for hydroxylation is 1. The van der Waals surface area contributed by atoms with Crippen LogP contribution in [0.2, 0.25) is 0 Å². The minimum atomic E-state index is -3.62. The maximum Gasteiger partial charge on any atom is 0.410 e. The first-order valence-corrected chi connectivity index (χ1v) is 10.7. The Kier molecular flexibility index (Phi) is 6.70. The van der Waals surface area contributed by atoms with Gasteiger partial charge in [0.1, 0.15) is 5.60 Å². The van der Waals surface area contributed by atoms with Gasteiger partial charge in [-0.3, -0.25) is 0 Å². The molecule has 6 nitrogen and oxygen atoms in total. The van der Waals surface area contributed by atoms with E-state index < -0.39 is 15.6 Å². The Balaban J connectivity index is 1.98. The van der Waals surface area contributed by atoms with Crippen LogP contribution in [0.4, 0.5) is 4.79 Å². The third-order valence-corrected chi connectivity index (χ3v) is 6.05. The van der Waals surface area contributed by atoms with Gasteiger partial charge in [0.2, 0.25) is 10.0 Å². The third kappa shape index (κ3) is 6.07. The predicted molar refractivity (Wildman–Crippen MR) is 106 cm³/mol. The van der Waals surface area contributed by atoms with Crippen molar-refractivity contribution in [1.29, 1.82) is 0 Å². The van der Waals surface area contributed by atoms with Crippen LogP contribution in [0.25, 0.3) is 0 Å². The van der Waals surface area contributed by atoms with Crippen LogP contribution in [0.1, 0.15) is 39.2 Å². The largest absolute Gasteiger partial charge is 0.444 e.